The average molecular weight is 156 g/mol. The van der Waals surface area contributed by atoms with Crippen LogP contribution in [0.2, 0.25) is 0 Å². The number of carbonyl (C=O) groups is 2. The minimum atomic E-state index is -0.0297. The molecule has 0 rings (SSSR count). The van der Waals surface area contributed by atoms with Crippen molar-refractivity contribution in [2.75, 3.05) is 0 Å². The van der Waals surface area contributed by atoms with Crippen molar-refractivity contribution >= 4 is 11.6 Å². The summed E-state index contributed by atoms with van der Waals surface area (Å²) in [4.78, 5) is 21.7. The van der Waals surface area contributed by atoms with Crippen LogP contribution < -0.4 is 0 Å². The molecule has 0 fully saturated rings. The number of ketones is 2. The number of hydrogen-bond acceptors (Lipinski definition) is 2. The Kier molecular flexibility index (Phi) is 4.75. The first-order valence-electron chi connectivity index (χ1n) is 4.10. The van der Waals surface area contributed by atoms with Crippen molar-refractivity contribution in [2.24, 2.45) is 5.92 Å². The maximum absolute atomic E-state index is 11.1. The lowest BCUT2D eigenvalue weighted by Crippen LogP contribution is -2.13. The molecule has 0 aromatic rings. The lowest BCUT2D eigenvalue weighted by Gasteiger charge is -2.05. The molecule has 0 N–H and O–H groups in total. The number of Topliss-reactive ketones (excluding diaryl/α,β-unsaturated/α-hetero) is 2. The molecule has 0 amide bonds. The van der Waals surface area contributed by atoms with E-state index in [1.165, 1.54) is 6.92 Å². The maximum atomic E-state index is 11.1. The average Bonchev–Trinajstić information content (AvgIpc) is 1.86. The summed E-state index contributed by atoms with van der Waals surface area (Å²) >= 11 is 0. The van der Waals surface area contributed by atoms with Crippen molar-refractivity contribution in [1.82, 2.24) is 0 Å². The second-order valence-electron chi connectivity index (χ2n) is 3.03. The minimum absolute atomic E-state index is 0.0297. The number of rotatable bonds is 5. The fraction of sp³-hybridized carbons (Fsp3) is 0.778. The van der Waals surface area contributed by atoms with Crippen LogP contribution in [0, 0.1) is 5.92 Å². The van der Waals surface area contributed by atoms with E-state index in [-0.39, 0.29) is 23.9 Å². The molecule has 0 aromatic carbocycles. The lowest BCUT2D eigenvalue weighted by molar-refractivity contribution is -0.128. The highest BCUT2D eigenvalue weighted by Crippen LogP contribution is 2.08. The van der Waals surface area contributed by atoms with Crippen molar-refractivity contribution in [1.29, 1.82) is 0 Å². The molecular formula is C9H16O2. The Labute approximate surface area is 68.0 Å². The fourth-order valence-corrected chi connectivity index (χ4v) is 1.01. The summed E-state index contributed by atoms with van der Waals surface area (Å²) in [7, 11) is 0. The van der Waals surface area contributed by atoms with Gasteiger partial charge in [0.1, 0.15) is 11.6 Å². The van der Waals surface area contributed by atoms with Crippen molar-refractivity contribution in [3.63, 3.8) is 0 Å². The van der Waals surface area contributed by atoms with Crippen LogP contribution in [0.3, 0.4) is 0 Å². The van der Waals surface area contributed by atoms with Gasteiger partial charge in [-0.1, -0.05) is 20.3 Å². The smallest absolute Gasteiger partial charge is 0.143 e. The molecule has 0 spiro atoms. The van der Waals surface area contributed by atoms with E-state index in [0.717, 1.165) is 12.8 Å². The van der Waals surface area contributed by atoms with Crippen molar-refractivity contribution in [3.05, 3.63) is 0 Å². The van der Waals surface area contributed by atoms with Gasteiger partial charge in [-0.25, -0.2) is 0 Å². The predicted molar refractivity (Wildman–Crippen MR) is 44.4 cm³/mol. The zero-order chi connectivity index (χ0) is 8.85. The Morgan fingerprint density at radius 1 is 1.36 bits per heavy atom. The fourth-order valence-electron chi connectivity index (χ4n) is 1.01. The number of carbonyl (C=O) groups excluding carboxylic acids is 2. The van der Waals surface area contributed by atoms with Gasteiger partial charge in [-0.15, -0.1) is 0 Å². The summed E-state index contributed by atoms with van der Waals surface area (Å²) in [5.74, 6) is 0.112. The van der Waals surface area contributed by atoms with Crippen LogP contribution in [0.4, 0.5) is 0 Å². The van der Waals surface area contributed by atoms with Crippen molar-refractivity contribution < 1.29 is 9.59 Å². The Morgan fingerprint density at radius 3 is 2.27 bits per heavy atom. The highest BCUT2D eigenvalue weighted by molar-refractivity contribution is 5.98. The second kappa shape index (κ2) is 5.05. The molecule has 0 aliphatic heterocycles. The third-order valence-corrected chi connectivity index (χ3v) is 1.69. The molecule has 1 atom stereocenters. The monoisotopic (exact) mass is 156 g/mol. The topological polar surface area (TPSA) is 34.1 Å². The Bertz CT molecular complexity index is 150. The molecule has 0 saturated carbocycles. The third kappa shape index (κ3) is 4.71. The molecule has 0 saturated heterocycles. The van der Waals surface area contributed by atoms with Crippen LogP contribution in [0.5, 0.6) is 0 Å². The van der Waals surface area contributed by atoms with Gasteiger partial charge in [0, 0.05) is 5.92 Å². The van der Waals surface area contributed by atoms with Gasteiger partial charge in [-0.2, -0.15) is 0 Å². The van der Waals surface area contributed by atoms with Gasteiger partial charge in [0.2, 0.25) is 0 Å². The first-order chi connectivity index (χ1) is 5.07. The third-order valence-electron chi connectivity index (χ3n) is 1.69. The molecule has 0 bridgehead atoms. The van der Waals surface area contributed by atoms with Gasteiger partial charge < -0.3 is 0 Å². The predicted octanol–water partition coefficient (Wildman–Crippen LogP) is 1.97. The largest absolute Gasteiger partial charge is 0.300 e. The van der Waals surface area contributed by atoms with Gasteiger partial charge in [0.15, 0.2) is 0 Å². The first kappa shape index (κ1) is 10.3. The molecule has 1 unspecified atom stereocenters. The van der Waals surface area contributed by atoms with Gasteiger partial charge in [0.25, 0.3) is 0 Å². The molecular weight excluding hydrogens is 140 g/mol. The highest BCUT2D eigenvalue weighted by atomic mass is 16.1. The van der Waals surface area contributed by atoms with E-state index in [9.17, 15) is 9.59 Å². The van der Waals surface area contributed by atoms with E-state index < -0.39 is 0 Å². The van der Waals surface area contributed by atoms with Gasteiger partial charge in [0.05, 0.1) is 6.42 Å². The van der Waals surface area contributed by atoms with Crippen LogP contribution in [-0.4, -0.2) is 11.6 Å². The summed E-state index contributed by atoms with van der Waals surface area (Å²) in [5.41, 5.74) is 0. The molecule has 0 aliphatic rings. The van der Waals surface area contributed by atoms with E-state index in [2.05, 4.69) is 0 Å². The van der Waals surface area contributed by atoms with Crippen LogP contribution in [0.15, 0.2) is 0 Å². The van der Waals surface area contributed by atoms with E-state index in [1.807, 2.05) is 13.8 Å². The molecule has 0 radical (unpaired) electrons. The second-order valence-corrected chi connectivity index (χ2v) is 3.03. The Morgan fingerprint density at radius 2 is 1.91 bits per heavy atom. The summed E-state index contributed by atoms with van der Waals surface area (Å²) < 4.78 is 0. The molecule has 0 aromatic heterocycles. The first-order valence-corrected chi connectivity index (χ1v) is 4.10. The standard InChI is InChI=1S/C9H16O2/c1-4-5-7(2)9(11)6-8(3)10/h7H,4-6H2,1-3H3. The maximum Gasteiger partial charge on any atom is 0.143 e. The summed E-state index contributed by atoms with van der Waals surface area (Å²) in [5, 5.41) is 0. The van der Waals surface area contributed by atoms with Gasteiger partial charge in [-0.05, 0) is 13.3 Å². The zero-order valence-corrected chi connectivity index (χ0v) is 7.52. The van der Waals surface area contributed by atoms with Crippen molar-refractivity contribution in [3.8, 4) is 0 Å². The van der Waals surface area contributed by atoms with Crippen LogP contribution in [0.25, 0.3) is 0 Å². The normalized spacial score (nSPS) is 12.6. The molecule has 11 heavy (non-hydrogen) atoms. The van der Waals surface area contributed by atoms with Crippen LogP contribution >= 0.6 is 0 Å². The zero-order valence-electron chi connectivity index (χ0n) is 7.52. The van der Waals surface area contributed by atoms with Gasteiger partial charge in [-0.3, -0.25) is 9.59 Å². The van der Waals surface area contributed by atoms with E-state index >= 15 is 0 Å². The minimum Gasteiger partial charge on any atom is -0.300 e. The van der Waals surface area contributed by atoms with E-state index in [0.29, 0.717) is 0 Å². The Hall–Kier alpha value is -0.660. The van der Waals surface area contributed by atoms with Crippen LogP contribution in [-0.2, 0) is 9.59 Å². The van der Waals surface area contributed by atoms with Crippen LogP contribution in [0.1, 0.15) is 40.0 Å². The summed E-state index contributed by atoms with van der Waals surface area (Å²) in [6, 6.07) is 0. The highest BCUT2D eigenvalue weighted by Gasteiger charge is 2.12. The summed E-state index contributed by atoms with van der Waals surface area (Å²) in [6.45, 7) is 5.38. The number of hydrogen-bond donors (Lipinski definition) is 0. The molecule has 2 heteroatoms. The van der Waals surface area contributed by atoms with E-state index in [1.54, 1.807) is 0 Å². The lowest BCUT2D eigenvalue weighted by atomic mass is 9.98. The summed E-state index contributed by atoms with van der Waals surface area (Å²) in [6.07, 6.45) is 2.01. The molecule has 0 aliphatic carbocycles. The molecule has 0 heterocycles. The quantitative estimate of drug-likeness (QED) is 0.570. The SMILES string of the molecule is CCCC(C)C(=O)CC(C)=O. The molecule has 2 nitrogen and oxygen atoms in total. The van der Waals surface area contributed by atoms with Gasteiger partial charge >= 0.3 is 0 Å². The van der Waals surface area contributed by atoms with Crippen molar-refractivity contribution in [2.45, 2.75) is 40.0 Å². The van der Waals surface area contributed by atoms with E-state index in [4.69, 9.17) is 0 Å². The Balaban J connectivity index is 3.73. The molecule has 64 valence electrons.